The molecule has 2 nitrogen and oxygen atoms in total. The van der Waals surface area contributed by atoms with Crippen LogP contribution in [0, 0.1) is 34.5 Å². The maximum atomic E-state index is 11.9. The summed E-state index contributed by atoms with van der Waals surface area (Å²) in [5.74, 6) is 3.55. The molecule has 138 valence electrons. The minimum absolute atomic E-state index is 0.243. The molecule has 4 rings (SSSR count). The van der Waals surface area contributed by atoms with Gasteiger partial charge in [-0.1, -0.05) is 26.0 Å². The average molecular weight is 359 g/mol. The van der Waals surface area contributed by atoms with Crippen molar-refractivity contribution in [2.75, 3.05) is 6.61 Å². The van der Waals surface area contributed by atoms with Gasteiger partial charge in [-0.15, -0.1) is 0 Å². The van der Waals surface area contributed by atoms with Gasteiger partial charge in [0.05, 0.1) is 0 Å². The van der Waals surface area contributed by atoms with E-state index in [0.717, 1.165) is 53.6 Å². The summed E-state index contributed by atoms with van der Waals surface area (Å²) in [6.07, 6.45) is 16.7. The zero-order chi connectivity index (χ0) is 17.7. The smallest absolute Gasteiger partial charge is 0.156 e. The number of rotatable bonds is 4. The quantitative estimate of drug-likeness (QED) is 0.561. The zero-order valence-corrected chi connectivity index (χ0v) is 18.2. The van der Waals surface area contributed by atoms with Crippen LogP contribution in [0.2, 0.25) is 0 Å². The molecular weight excluding hydrogens is 324 g/mol. The van der Waals surface area contributed by atoms with E-state index >= 15 is 0 Å². The van der Waals surface area contributed by atoms with Crippen LogP contribution in [0.4, 0.5) is 0 Å². The van der Waals surface area contributed by atoms with E-state index in [1.807, 2.05) is 6.08 Å². The molecule has 0 aromatic carbocycles. The highest BCUT2D eigenvalue weighted by Crippen LogP contribution is 2.65. The van der Waals surface area contributed by atoms with E-state index in [1.54, 1.807) is 0 Å². The molecule has 0 N–H and O–H groups in total. The third kappa shape index (κ3) is 2.73. The normalized spacial score (nSPS) is 45.7. The van der Waals surface area contributed by atoms with Crippen molar-refractivity contribution in [1.82, 2.24) is 0 Å². The van der Waals surface area contributed by atoms with Crippen molar-refractivity contribution in [3.63, 3.8) is 0 Å². The first-order chi connectivity index (χ1) is 12.0. The highest BCUT2D eigenvalue weighted by Gasteiger charge is 2.57. The van der Waals surface area contributed by atoms with Crippen LogP contribution < -0.4 is 0 Å². The summed E-state index contributed by atoms with van der Waals surface area (Å²) >= 11 is 0. The third-order valence-corrected chi connectivity index (χ3v) is 9.02. The van der Waals surface area contributed by atoms with E-state index in [-0.39, 0.29) is 5.41 Å². The van der Waals surface area contributed by atoms with E-state index in [0.29, 0.717) is 11.2 Å². The molecule has 4 aliphatic rings. The van der Waals surface area contributed by atoms with Gasteiger partial charge >= 0.3 is 0 Å². The summed E-state index contributed by atoms with van der Waals surface area (Å²) in [5.41, 5.74) is 2.10. The predicted octanol–water partition coefficient (Wildman–Crippen LogP) is 3.99. The Morgan fingerprint density at radius 1 is 1.20 bits per heavy atom. The Morgan fingerprint density at radius 2 is 2.04 bits per heavy atom. The molecule has 0 amide bonds. The van der Waals surface area contributed by atoms with Gasteiger partial charge in [0.15, 0.2) is 5.78 Å². The molecule has 6 atom stereocenters. The lowest BCUT2D eigenvalue weighted by molar-refractivity contribution is -0.116. The number of hydrogen-bond acceptors (Lipinski definition) is 2. The van der Waals surface area contributed by atoms with Crippen LogP contribution in [0.25, 0.3) is 0 Å². The summed E-state index contributed by atoms with van der Waals surface area (Å²) in [4.78, 5) is 11.9. The second-order valence-electron chi connectivity index (χ2n) is 9.59. The topological polar surface area (TPSA) is 26.3 Å². The number of allylic oxidation sites excluding steroid dienone is 4. The van der Waals surface area contributed by atoms with E-state index in [2.05, 4.69) is 26.0 Å². The lowest BCUT2D eigenvalue weighted by Gasteiger charge is -2.56. The molecule has 2 fully saturated rings. The molecule has 4 aliphatic carbocycles. The number of ketones is 1. The van der Waals surface area contributed by atoms with Crippen LogP contribution in [0.15, 0.2) is 23.8 Å². The fourth-order valence-electron chi connectivity index (χ4n) is 7.05. The number of hydrogen-bond donors (Lipinski definition) is 0. The summed E-state index contributed by atoms with van der Waals surface area (Å²) < 4.78 is 5.43. The van der Waals surface area contributed by atoms with Crippen LogP contribution >= 0.6 is 0 Å². The zero-order valence-electron chi connectivity index (χ0n) is 16.2. The van der Waals surface area contributed by atoms with Gasteiger partial charge in [0.2, 0.25) is 0 Å². The molecule has 0 radical (unpaired) electrons. The van der Waals surface area contributed by atoms with Gasteiger partial charge in [-0.05, 0) is 91.1 Å². The molecule has 0 aliphatic heterocycles. The second kappa shape index (κ2) is 6.49. The molecule has 25 heavy (non-hydrogen) atoms. The highest BCUT2D eigenvalue weighted by molar-refractivity contribution is 5.97. The molecule has 0 bridgehead atoms. The fourth-order valence-corrected chi connectivity index (χ4v) is 7.34. The van der Waals surface area contributed by atoms with Gasteiger partial charge in [-0.3, -0.25) is 4.79 Å². The molecular formula is C22H34O2Si. The van der Waals surface area contributed by atoms with Crippen LogP contribution in [0.1, 0.15) is 65.2 Å². The van der Waals surface area contributed by atoms with Gasteiger partial charge in [-0.25, -0.2) is 0 Å². The summed E-state index contributed by atoms with van der Waals surface area (Å²) in [6.45, 7) is 6.01. The van der Waals surface area contributed by atoms with E-state index < -0.39 is 0 Å². The lowest BCUT2D eigenvalue weighted by atomic mass is 9.48. The minimum atomic E-state index is 0.243. The van der Waals surface area contributed by atoms with Crippen molar-refractivity contribution in [1.29, 1.82) is 0 Å². The van der Waals surface area contributed by atoms with Crippen molar-refractivity contribution in [3.05, 3.63) is 23.8 Å². The van der Waals surface area contributed by atoms with Crippen molar-refractivity contribution in [2.45, 2.75) is 65.2 Å². The van der Waals surface area contributed by atoms with E-state index in [1.165, 1.54) is 44.1 Å². The molecule has 2 saturated carbocycles. The molecule has 0 heterocycles. The van der Waals surface area contributed by atoms with E-state index in [9.17, 15) is 4.79 Å². The Balaban J connectivity index is 1.58. The van der Waals surface area contributed by atoms with Crippen molar-refractivity contribution in [2.24, 2.45) is 34.5 Å². The Labute approximate surface area is 156 Å². The monoisotopic (exact) mass is 358 g/mol. The first kappa shape index (κ1) is 17.7. The molecule has 0 saturated heterocycles. The minimum Gasteiger partial charge on any atom is -0.428 e. The summed E-state index contributed by atoms with van der Waals surface area (Å²) in [7, 11) is 0.874. The number of carbonyl (C=O) groups excluding carboxylic acids is 1. The largest absolute Gasteiger partial charge is 0.428 e. The van der Waals surface area contributed by atoms with Gasteiger partial charge in [0, 0.05) is 13.0 Å². The first-order valence-corrected chi connectivity index (χ1v) is 11.2. The predicted molar refractivity (Wildman–Crippen MR) is 105 cm³/mol. The molecule has 0 aromatic heterocycles. The van der Waals surface area contributed by atoms with Crippen LogP contribution in [0.3, 0.4) is 0 Å². The third-order valence-electron chi connectivity index (χ3n) is 8.61. The Kier molecular flexibility index (Phi) is 4.60. The molecule has 0 unspecified atom stereocenters. The van der Waals surface area contributed by atoms with Gasteiger partial charge in [0.1, 0.15) is 10.5 Å². The highest BCUT2D eigenvalue weighted by atomic mass is 28.2. The Morgan fingerprint density at radius 3 is 2.84 bits per heavy atom. The summed E-state index contributed by atoms with van der Waals surface area (Å²) in [6, 6.07) is 0. The maximum Gasteiger partial charge on any atom is 0.156 e. The SMILES string of the molecule is C[C@]12CC[C@H]3[C@@H](C=CC4=CC(=O)CC[C@@]43C)[C@@H]1CC[C@@H]2CCCO[SiH3]. The van der Waals surface area contributed by atoms with Crippen molar-refractivity contribution in [3.8, 4) is 0 Å². The van der Waals surface area contributed by atoms with Crippen molar-refractivity contribution < 1.29 is 9.22 Å². The maximum absolute atomic E-state index is 11.9. The van der Waals surface area contributed by atoms with Crippen LogP contribution in [-0.4, -0.2) is 22.9 Å². The van der Waals surface area contributed by atoms with Crippen molar-refractivity contribution >= 4 is 16.3 Å². The second-order valence-corrected chi connectivity index (χ2v) is 10.2. The Bertz CT molecular complexity index is 609. The van der Waals surface area contributed by atoms with Crippen LogP contribution in [0.5, 0.6) is 0 Å². The van der Waals surface area contributed by atoms with E-state index in [4.69, 9.17) is 4.43 Å². The summed E-state index contributed by atoms with van der Waals surface area (Å²) in [5, 5.41) is 0. The Hall–Kier alpha value is -0.673. The number of carbonyl (C=O) groups is 1. The molecule has 3 heteroatoms. The first-order valence-electron chi connectivity index (χ1n) is 10.4. The lowest BCUT2D eigenvalue weighted by Crippen LogP contribution is -2.48. The van der Waals surface area contributed by atoms with Crippen LogP contribution in [-0.2, 0) is 9.22 Å². The number of fused-ring (bicyclic) bond motifs is 5. The fraction of sp³-hybridized carbons (Fsp3) is 0.773. The van der Waals surface area contributed by atoms with Gasteiger partial charge < -0.3 is 4.43 Å². The average Bonchev–Trinajstić information content (AvgIpc) is 2.92. The standard InChI is InChI=1S/C22H34O2Si/c1-21-12-10-20-18(19(21)8-6-15(21)4-3-13-24-25)7-5-16-14-17(23)9-11-22(16,20)2/h5,7,14-15,18-20H,3-4,6,8-13H2,1-2,25H3/t15-,18-,19-,20-,21+,22-/m0/s1. The van der Waals surface area contributed by atoms with Gasteiger partial charge in [0.25, 0.3) is 0 Å². The van der Waals surface area contributed by atoms with Gasteiger partial charge in [-0.2, -0.15) is 0 Å². The molecule has 0 aromatic rings. The molecule has 0 spiro atoms.